The second-order valence-corrected chi connectivity index (χ2v) is 2.93. The molecule has 0 spiro atoms. The van der Waals surface area contributed by atoms with Gasteiger partial charge in [-0.05, 0) is 23.6 Å². The molecule has 0 N–H and O–H groups in total. The predicted molar refractivity (Wildman–Crippen MR) is 48.9 cm³/mol. The minimum absolute atomic E-state index is 0.0355. The Morgan fingerprint density at radius 2 is 2.00 bits per heavy atom. The van der Waals surface area contributed by atoms with E-state index in [2.05, 4.69) is 11.8 Å². The van der Waals surface area contributed by atoms with Gasteiger partial charge in [0.1, 0.15) is 5.82 Å². The van der Waals surface area contributed by atoms with Gasteiger partial charge in [-0.25, -0.2) is 4.39 Å². The van der Waals surface area contributed by atoms with Gasteiger partial charge in [0.25, 0.3) is 0 Å². The molecule has 1 nitrogen and oxygen atoms in total. The Morgan fingerprint density at radius 1 is 1.31 bits per heavy atom. The Bertz CT molecular complexity index is 451. The Hall–Kier alpha value is -1.83. The van der Waals surface area contributed by atoms with Gasteiger partial charge in [-0.2, -0.15) is 13.2 Å². The maximum Gasteiger partial charge on any atom is 0.419 e. The highest BCUT2D eigenvalue weighted by Gasteiger charge is 2.33. The van der Waals surface area contributed by atoms with Crippen LogP contribution in [-0.4, -0.2) is 6.29 Å². The van der Waals surface area contributed by atoms with Crippen molar-refractivity contribution in [3.63, 3.8) is 0 Å². The predicted octanol–water partition coefficient (Wildman–Crippen LogP) is 2.59. The van der Waals surface area contributed by atoms with Crippen molar-refractivity contribution in [2.75, 3.05) is 0 Å². The summed E-state index contributed by atoms with van der Waals surface area (Å²) in [4.78, 5) is 9.85. The van der Waals surface area contributed by atoms with Crippen LogP contribution in [0.15, 0.2) is 18.2 Å². The molecule has 0 bridgehead atoms. The summed E-state index contributed by atoms with van der Waals surface area (Å²) in [5, 5.41) is 0. The molecular weight excluding hydrogens is 224 g/mol. The summed E-state index contributed by atoms with van der Waals surface area (Å²) in [6.45, 7) is 0. The highest BCUT2D eigenvalue weighted by molar-refractivity contribution is 5.72. The number of alkyl halides is 3. The van der Waals surface area contributed by atoms with Crippen molar-refractivity contribution in [2.24, 2.45) is 0 Å². The van der Waals surface area contributed by atoms with Crippen LogP contribution < -0.4 is 0 Å². The molecule has 0 unspecified atom stereocenters. The fourth-order valence-corrected chi connectivity index (χ4v) is 1.09. The summed E-state index contributed by atoms with van der Waals surface area (Å²) in [6, 6.07) is 2.56. The second kappa shape index (κ2) is 4.79. The lowest BCUT2D eigenvalue weighted by Gasteiger charge is -2.08. The Balaban J connectivity index is 2.95. The van der Waals surface area contributed by atoms with E-state index in [0.717, 1.165) is 12.1 Å². The molecule has 0 saturated heterocycles. The van der Waals surface area contributed by atoms with Crippen LogP contribution in [0.3, 0.4) is 0 Å². The Morgan fingerprint density at radius 3 is 2.50 bits per heavy atom. The number of carbonyl (C=O) groups excluding carboxylic acids is 1. The monoisotopic (exact) mass is 230 g/mol. The van der Waals surface area contributed by atoms with Crippen molar-refractivity contribution in [2.45, 2.75) is 12.6 Å². The highest BCUT2D eigenvalue weighted by Crippen LogP contribution is 2.31. The minimum atomic E-state index is -4.70. The summed E-state index contributed by atoms with van der Waals surface area (Å²) in [5.74, 6) is 3.12. The van der Waals surface area contributed by atoms with Crippen LogP contribution in [0.2, 0.25) is 0 Å². The molecular formula is C11H6F4O. The molecule has 16 heavy (non-hydrogen) atoms. The van der Waals surface area contributed by atoms with E-state index in [-0.39, 0.29) is 6.42 Å². The summed E-state index contributed by atoms with van der Waals surface area (Å²) >= 11 is 0. The molecule has 1 rings (SSSR count). The molecule has 0 saturated carbocycles. The maximum atomic E-state index is 13.0. The van der Waals surface area contributed by atoms with Crippen molar-refractivity contribution >= 4 is 6.29 Å². The molecule has 84 valence electrons. The number of benzene rings is 1. The first-order valence-electron chi connectivity index (χ1n) is 4.23. The Kier molecular flexibility index (Phi) is 3.67. The van der Waals surface area contributed by atoms with E-state index >= 15 is 0 Å². The topological polar surface area (TPSA) is 17.1 Å². The number of aldehydes is 1. The summed E-state index contributed by atoms with van der Waals surface area (Å²) in [5.41, 5.74) is -1.01. The molecule has 0 atom stereocenters. The minimum Gasteiger partial charge on any atom is -0.289 e. The van der Waals surface area contributed by atoms with Crippen LogP contribution in [0, 0.1) is 17.7 Å². The van der Waals surface area contributed by atoms with Gasteiger partial charge in [0.05, 0.1) is 5.56 Å². The molecule has 0 radical (unpaired) electrons. The van der Waals surface area contributed by atoms with E-state index < -0.39 is 17.6 Å². The lowest BCUT2D eigenvalue weighted by atomic mass is 10.1. The van der Waals surface area contributed by atoms with Gasteiger partial charge in [0, 0.05) is 6.42 Å². The molecule has 0 aromatic heterocycles. The molecule has 1 aromatic carbocycles. The Labute approximate surface area is 89.1 Å². The number of halogens is 4. The third-order valence-electron chi connectivity index (χ3n) is 1.79. The first-order valence-corrected chi connectivity index (χ1v) is 4.23. The van der Waals surface area contributed by atoms with Crippen molar-refractivity contribution in [3.8, 4) is 11.8 Å². The van der Waals surface area contributed by atoms with Crippen molar-refractivity contribution in [1.82, 2.24) is 0 Å². The zero-order chi connectivity index (χ0) is 12.2. The standard InChI is InChI=1S/C11H6F4O/c12-10-7-8(3-1-2-6-16)4-5-9(10)11(13,14)15/h4-7H,3H2. The molecule has 0 aliphatic rings. The number of rotatable bonds is 1. The number of carbonyl (C=O) groups is 1. The van der Waals surface area contributed by atoms with Crippen LogP contribution in [0.4, 0.5) is 17.6 Å². The molecule has 5 heteroatoms. The van der Waals surface area contributed by atoms with E-state index in [1.54, 1.807) is 0 Å². The van der Waals surface area contributed by atoms with Gasteiger partial charge in [-0.1, -0.05) is 12.0 Å². The lowest BCUT2D eigenvalue weighted by molar-refractivity contribution is -0.140. The average molecular weight is 230 g/mol. The van der Waals surface area contributed by atoms with Gasteiger partial charge >= 0.3 is 6.18 Å². The molecule has 0 amide bonds. The second-order valence-electron chi connectivity index (χ2n) is 2.93. The van der Waals surface area contributed by atoms with E-state index in [1.165, 1.54) is 0 Å². The van der Waals surface area contributed by atoms with E-state index in [1.807, 2.05) is 0 Å². The van der Waals surface area contributed by atoms with Gasteiger partial charge in [0.2, 0.25) is 0 Å². The SMILES string of the molecule is O=CC#CCc1ccc(C(F)(F)F)c(F)c1. The summed E-state index contributed by atoms with van der Waals surface area (Å²) < 4.78 is 49.5. The summed E-state index contributed by atoms with van der Waals surface area (Å²) in [7, 11) is 0. The number of hydrogen-bond acceptors (Lipinski definition) is 1. The zero-order valence-corrected chi connectivity index (χ0v) is 7.94. The van der Waals surface area contributed by atoms with E-state index in [0.29, 0.717) is 17.9 Å². The maximum absolute atomic E-state index is 13.0. The van der Waals surface area contributed by atoms with Gasteiger partial charge in [0.15, 0.2) is 6.29 Å². The first kappa shape index (κ1) is 12.2. The third-order valence-corrected chi connectivity index (χ3v) is 1.79. The van der Waals surface area contributed by atoms with E-state index in [9.17, 15) is 22.4 Å². The molecule has 0 fully saturated rings. The summed E-state index contributed by atoms with van der Waals surface area (Å²) in [6.07, 6.45) is -4.30. The third kappa shape index (κ3) is 3.09. The normalized spacial score (nSPS) is 10.5. The zero-order valence-electron chi connectivity index (χ0n) is 7.94. The van der Waals surface area contributed by atoms with E-state index in [4.69, 9.17) is 0 Å². The first-order chi connectivity index (χ1) is 7.45. The molecule has 1 aromatic rings. The van der Waals surface area contributed by atoms with Gasteiger partial charge in [-0.15, -0.1) is 0 Å². The quantitative estimate of drug-likeness (QED) is 0.411. The van der Waals surface area contributed by atoms with Crippen LogP contribution in [0.25, 0.3) is 0 Å². The molecule has 0 heterocycles. The van der Waals surface area contributed by atoms with Crippen molar-refractivity contribution < 1.29 is 22.4 Å². The van der Waals surface area contributed by atoms with Crippen LogP contribution in [0.5, 0.6) is 0 Å². The largest absolute Gasteiger partial charge is 0.419 e. The van der Waals surface area contributed by atoms with Crippen LogP contribution in [0.1, 0.15) is 11.1 Å². The lowest BCUT2D eigenvalue weighted by Crippen LogP contribution is -2.08. The highest BCUT2D eigenvalue weighted by atomic mass is 19.4. The van der Waals surface area contributed by atoms with Gasteiger partial charge < -0.3 is 0 Å². The van der Waals surface area contributed by atoms with Gasteiger partial charge in [-0.3, -0.25) is 4.79 Å². The van der Waals surface area contributed by atoms with Crippen molar-refractivity contribution in [1.29, 1.82) is 0 Å². The number of hydrogen-bond donors (Lipinski definition) is 0. The average Bonchev–Trinajstić information content (AvgIpc) is 2.16. The van der Waals surface area contributed by atoms with Crippen molar-refractivity contribution in [3.05, 3.63) is 35.1 Å². The smallest absolute Gasteiger partial charge is 0.289 e. The molecule has 0 aliphatic carbocycles. The fourth-order valence-electron chi connectivity index (χ4n) is 1.09. The van der Waals surface area contributed by atoms with Crippen LogP contribution >= 0.6 is 0 Å². The fraction of sp³-hybridized carbons (Fsp3) is 0.182. The molecule has 0 aliphatic heterocycles. The van der Waals surface area contributed by atoms with Crippen LogP contribution in [-0.2, 0) is 17.4 Å².